The van der Waals surface area contributed by atoms with E-state index in [4.69, 9.17) is 16.2 Å². The number of carbonyl (C=O) groups is 2. The van der Waals surface area contributed by atoms with Gasteiger partial charge in [0.1, 0.15) is 0 Å². The van der Waals surface area contributed by atoms with Crippen LogP contribution < -0.4 is 16.8 Å². The van der Waals surface area contributed by atoms with Gasteiger partial charge in [0, 0.05) is 18.0 Å². The van der Waals surface area contributed by atoms with E-state index in [-0.39, 0.29) is 30.2 Å². The number of nitrogens with zero attached hydrogens (tertiary/aromatic N) is 1. The molecule has 0 aliphatic heterocycles. The van der Waals surface area contributed by atoms with Crippen LogP contribution in [-0.2, 0) is 9.53 Å². The first-order valence-corrected chi connectivity index (χ1v) is 8.68. The van der Waals surface area contributed by atoms with Crippen molar-refractivity contribution in [3.05, 3.63) is 65.7 Å². The maximum absolute atomic E-state index is 12.5. The van der Waals surface area contributed by atoms with E-state index in [2.05, 4.69) is 10.3 Å². The van der Waals surface area contributed by atoms with Crippen LogP contribution in [0.4, 0.5) is 5.69 Å². The number of carbonyl (C=O) groups excluding carboxylic acids is 2. The number of nitrogens with two attached hydrogens (primary N) is 2. The summed E-state index contributed by atoms with van der Waals surface area (Å²) in [4.78, 5) is 28.3. The minimum atomic E-state index is -0.296. The van der Waals surface area contributed by atoms with Crippen molar-refractivity contribution in [1.82, 2.24) is 5.32 Å². The summed E-state index contributed by atoms with van der Waals surface area (Å²) in [6, 6.07) is 16.2. The SMILES string of the molecule is CCOC(=O)CC(CNC(=O)c1cccc(N=C(N)N)c1)c1ccccc1. The summed E-state index contributed by atoms with van der Waals surface area (Å²) in [7, 11) is 0. The van der Waals surface area contributed by atoms with Crippen LogP contribution in [0.25, 0.3) is 0 Å². The third-order valence-corrected chi connectivity index (χ3v) is 3.86. The van der Waals surface area contributed by atoms with E-state index in [9.17, 15) is 9.59 Å². The molecule has 7 nitrogen and oxygen atoms in total. The summed E-state index contributed by atoms with van der Waals surface area (Å²) in [5.74, 6) is -0.830. The van der Waals surface area contributed by atoms with Crippen molar-refractivity contribution in [2.45, 2.75) is 19.3 Å². The van der Waals surface area contributed by atoms with E-state index in [1.54, 1.807) is 31.2 Å². The number of rotatable bonds is 8. The van der Waals surface area contributed by atoms with Crippen molar-refractivity contribution >= 4 is 23.5 Å². The number of esters is 1. The molecule has 1 atom stereocenters. The number of benzene rings is 2. The fraction of sp³-hybridized carbons (Fsp3) is 0.250. The summed E-state index contributed by atoms with van der Waals surface area (Å²) in [5, 5.41) is 2.87. The Hall–Kier alpha value is -3.35. The minimum absolute atomic E-state index is 0.0777. The molecular weight excluding hydrogens is 344 g/mol. The fourth-order valence-electron chi connectivity index (χ4n) is 2.64. The van der Waals surface area contributed by atoms with E-state index in [1.165, 1.54) is 0 Å². The third kappa shape index (κ3) is 6.47. The van der Waals surface area contributed by atoms with Crippen LogP contribution in [0.2, 0.25) is 0 Å². The lowest BCUT2D eigenvalue weighted by Gasteiger charge is -2.17. The second-order valence-electron chi connectivity index (χ2n) is 5.91. The Morgan fingerprint density at radius 2 is 1.85 bits per heavy atom. The van der Waals surface area contributed by atoms with E-state index in [1.807, 2.05) is 30.3 Å². The molecule has 0 fully saturated rings. The lowest BCUT2D eigenvalue weighted by molar-refractivity contribution is -0.143. The van der Waals surface area contributed by atoms with Crippen molar-refractivity contribution in [3.8, 4) is 0 Å². The van der Waals surface area contributed by atoms with E-state index in [0.717, 1.165) is 5.56 Å². The van der Waals surface area contributed by atoms with Crippen molar-refractivity contribution in [1.29, 1.82) is 0 Å². The zero-order chi connectivity index (χ0) is 19.6. The Bertz CT molecular complexity index is 802. The first-order valence-electron chi connectivity index (χ1n) is 8.68. The van der Waals surface area contributed by atoms with Gasteiger partial charge in [-0.05, 0) is 30.7 Å². The van der Waals surface area contributed by atoms with Crippen LogP contribution in [-0.4, -0.2) is 31.0 Å². The Kier molecular flexibility index (Phi) is 7.37. The second-order valence-corrected chi connectivity index (χ2v) is 5.91. The molecule has 0 heterocycles. The zero-order valence-corrected chi connectivity index (χ0v) is 15.2. The third-order valence-electron chi connectivity index (χ3n) is 3.86. The molecule has 7 heteroatoms. The smallest absolute Gasteiger partial charge is 0.306 e. The molecule has 0 spiro atoms. The van der Waals surface area contributed by atoms with E-state index >= 15 is 0 Å². The Balaban J connectivity index is 2.08. The number of guanidine groups is 1. The van der Waals surface area contributed by atoms with Gasteiger partial charge in [0.05, 0.1) is 18.7 Å². The summed E-state index contributed by atoms with van der Waals surface area (Å²) in [5.41, 5.74) is 12.6. The molecule has 1 amide bonds. The summed E-state index contributed by atoms with van der Waals surface area (Å²) < 4.78 is 5.05. The molecule has 142 valence electrons. The minimum Gasteiger partial charge on any atom is -0.466 e. The molecule has 0 aromatic heterocycles. The Morgan fingerprint density at radius 1 is 1.11 bits per heavy atom. The molecule has 27 heavy (non-hydrogen) atoms. The predicted molar refractivity (Wildman–Crippen MR) is 105 cm³/mol. The van der Waals surface area contributed by atoms with Gasteiger partial charge in [-0.15, -0.1) is 0 Å². The highest BCUT2D eigenvalue weighted by Crippen LogP contribution is 2.20. The first kappa shape index (κ1) is 20.0. The van der Waals surface area contributed by atoms with Gasteiger partial charge < -0.3 is 21.5 Å². The van der Waals surface area contributed by atoms with Gasteiger partial charge in [-0.1, -0.05) is 36.4 Å². The molecule has 0 aliphatic rings. The highest BCUT2D eigenvalue weighted by atomic mass is 16.5. The van der Waals surface area contributed by atoms with Crippen molar-refractivity contribution in [2.75, 3.05) is 13.2 Å². The quantitative estimate of drug-likeness (QED) is 0.374. The molecule has 5 N–H and O–H groups in total. The highest BCUT2D eigenvalue weighted by Gasteiger charge is 2.18. The molecule has 0 radical (unpaired) electrons. The standard InChI is InChI=1S/C20H24N4O3/c1-2-27-18(25)12-16(14-7-4-3-5-8-14)13-23-19(26)15-9-6-10-17(11-15)24-20(21)22/h3-11,16H,2,12-13H2,1H3,(H,23,26)(H4,21,22,24). The van der Waals surface area contributed by atoms with Crippen molar-refractivity contribution in [2.24, 2.45) is 16.5 Å². The Morgan fingerprint density at radius 3 is 2.52 bits per heavy atom. The van der Waals surface area contributed by atoms with Crippen molar-refractivity contribution < 1.29 is 14.3 Å². The second kappa shape index (κ2) is 9.96. The largest absolute Gasteiger partial charge is 0.466 e. The van der Waals surface area contributed by atoms with E-state index < -0.39 is 0 Å². The molecule has 2 rings (SSSR count). The molecule has 0 aliphatic carbocycles. The predicted octanol–water partition coefficient (Wildman–Crippen LogP) is 2.06. The summed E-state index contributed by atoms with van der Waals surface area (Å²) in [6.45, 7) is 2.39. The lowest BCUT2D eigenvalue weighted by Crippen LogP contribution is -2.29. The zero-order valence-electron chi connectivity index (χ0n) is 15.2. The van der Waals surface area contributed by atoms with Gasteiger partial charge in [0.2, 0.25) is 0 Å². The molecule has 2 aromatic carbocycles. The van der Waals surface area contributed by atoms with Gasteiger partial charge in [-0.25, -0.2) is 4.99 Å². The van der Waals surface area contributed by atoms with Crippen LogP contribution in [0.3, 0.4) is 0 Å². The number of ether oxygens (including phenoxy) is 1. The highest BCUT2D eigenvalue weighted by molar-refractivity contribution is 5.95. The molecule has 1 unspecified atom stereocenters. The summed E-state index contributed by atoms with van der Waals surface area (Å²) in [6.07, 6.45) is 0.187. The number of hydrogen-bond donors (Lipinski definition) is 3. The molecular formula is C20H24N4O3. The molecule has 2 aromatic rings. The first-order chi connectivity index (χ1) is 13.0. The number of amides is 1. The number of hydrogen-bond acceptors (Lipinski definition) is 4. The monoisotopic (exact) mass is 368 g/mol. The van der Waals surface area contributed by atoms with Gasteiger partial charge in [0.25, 0.3) is 5.91 Å². The Labute approximate surface area is 158 Å². The van der Waals surface area contributed by atoms with Gasteiger partial charge in [-0.3, -0.25) is 9.59 Å². The maximum atomic E-state index is 12.5. The normalized spacial score (nSPS) is 11.3. The van der Waals surface area contributed by atoms with Crippen LogP contribution in [0.1, 0.15) is 35.2 Å². The van der Waals surface area contributed by atoms with Crippen LogP contribution in [0.15, 0.2) is 59.6 Å². The van der Waals surface area contributed by atoms with Gasteiger partial charge >= 0.3 is 5.97 Å². The molecule has 0 bridgehead atoms. The van der Waals surface area contributed by atoms with Crippen LogP contribution in [0, 0.1) is 0 Å². The van der Waals surface area contributed by atoms with Crippen molar-refractivity contribution in [3.63, 3.8) is 0 Å². The molecule has 0 saturated heterocycles. The maximum Gasteiger partial charge on any atom is 0.306 e. The van der Waals surface area contributed by atoms with E-state index in [0.29, 0.717) is 24.4 Å². The average molecular weight is 368 g/mol. The van der Waals surface area contributed by atoms with Crippen LogP contribution >= 0.6 is 0 Å². The van der Waals surface area contributed by atoms with Crippen LogP contribution in [0.5, 0.6) is 0 Å². The lowest BCUT2D eigenvalue weighted by atomic mass is 9.95. The average Bonchev–Trinajstić information content (AvgIpc) is 2.65. The molecule has 0 saturated carbocycles. The van der Waals surface area contributed by atoms with Gasteiger partial charge in [0.15, 0.2) is 5.96 Å². The van der Waals surface area contributed by atoms with Gasteiger partial charge in [-0.2, -0.15) is 0 Å². The summed E-state index contributed by atoms with van der Waals surface area (Å²) >= 11 is 0. The fourth-order valence-corrected chi connectivity index (χ4v) is 2.64. The number of aliphatic imine (C=N–C) groups is 1. The topological polar surface area (TPSA) is 120 Å². The number of nitrogens with one attached hydrogen (secondary N) is 1.